The zero-order valence-electron chi connectivity index (χ0n) is 11.6. The second-order valence-corrected chi connectivity index (χ2v) is 6.82. The number of carboxylic acid groups (broad SMARTS) is 1. The highest BCUT2D eigenvalue weighted by atomic mass is 32.2. The maximum Gasteiger partial charge on any atom is 0.322 e. The number of nitrogens with zero attached hydrogens (tertiary/aromatic N) is 1. The molecule has 1 aromatic carbocycles. The molecule has 0 spiro atoms. The van der Waals surface area contributed by atoms with Crippen LogP contribution in [-0.4, -0.2) is 49.6 Å². The number of carbonyl (C=O) groups is 1. The molecule has 1 aliphatic rings. The van der Waals surface area contributed by atoms with E-state index in [0.29, 0.717) is 5.56 Å². The Bertz CT molecular complexity index is 661. The summed E-state index contributed by atoms with van der Waals surface area (Å²) in [5.74, 6) is -1.89. The lowest BCUT2D eigenvalue weighted by atomic mass is 10.2. The number of ether oxygens (including phenoxy) is 1. The van der Waals surface area contributed by atoms with E-state index in [0.717, 1.165) is 10.4 Å². The molecule has 1 aliphatic heterocycles. The molecule has 8 heteroatoms. The molecule has 6 nitrogen and oxygen atoms in total. The molecule has 0 aromatic heterocycles. The third kappa shape index (κ3) is 2.92. The maximum atomic E-state index is 13.6. The van der Waals surface area contributed by atoms with E-state index in [1.165, 1.54) is 26.2 Å². The van der Waals surface area contributed by atoms with Gasteiger partial charge in [0.15, 0.2) is 0 Å². The minimum absolute atomic E-state index is 0.0642. The van der Waals surface area contributed by atoms with Crippen LogP contribution in [0.15, 0.2) is 23.1 Å². The molecule has 1 saturated heterocycles. The lowest BCUT2D eigenvalue weighted by Gasteiger charge is -2.20. The average molecular weight is 317 g/mol. The molecule has 1 N–H and O–H groups in total. The van der Waals surface area contributed by atoms with Crippen LogP contribution in [0.3, 0.4) is 0 Å². The molecule has 0 amide bonds. The molecule has 1 heterocycles. The van der Waals surface area contributed by atoms with Gasteiger partial charge < -0.3 is 9.84 Å². The Balaban J connectivity index is 2.41. The van der Waals surface area contributed by atoms with Crippen molar-refractivity contribution in [3.8, 4) is 0 Å². The number of aryl methyl sites for hydroxylation is 1. The molecule has 21 heavy (non-hydrogen) atoms. The second kappa shape index (κ2) is 5.70. The standard InChI is InChI=1S/C13H16FNO5S/c1-8-3-4-10(6-11(8)14)21(18,19)15-7-9(20-2)5-12(15)13(16)17/h3-4,6,9,12H,5,7H2,1-2H3,(H,16,17). The third-order valence-electron chi connectivity index (χ3n) is 3.59. The monoisotopic (exact) mass is 317 g/mol. The van der Waals surface area contributed by atoms with Crippen LogP contribution in [0.5, 0.6) is 0 Å². The van der Waals surface area contributed by atoms with Crippen LogP contribution < -0.4 is 0 Å². The van der Waals surface area contributed by atoms with E-state index >= 15 is 0 Å². The summed E-state index contributed by atoms with van der Waals surface area (Å²) >= 11 is 0. The summed E-state index contributed by atoms with van der Waals surface area (Å²) < 4.78 is 44.5. The summed E-state index contributed by atoms with van der Waals surface area (Å²) in [5.41, 5.74) is 0.319. The Kier molecular flexibility index (Phi) is 4.31. The number of hydrogen-bond donors (Lipinski definition) is 1. The number of aliphatic carboxylic acids is 1. The van der Waals surface area contributed by atoms with Gasteiger partial charge in [0.05, 0.1) is 11.0 Å². The summed E-state index contributed by atoms with van der Waals surface area (Å²) in [6.45, 7) is 1.45. The van der Waals surface area contributed by atoms with Gasteiger partial charge in [-0.1, -0.05) is 6.07 Å². The molecule has 2 unspecified atom stereocenters. The van der Waals surface area contributed by atoms with Crippen LogP contribution in [0.2, 0.25) is 0 Å². The molecule has 1 aromatic rings. The molecule has 116 valence electrons. The minimum Gasteiger partial charge on any atom is -0.480 e. The smallest absolute Gasteiger partial charge is 0.322 e. The van der Waals surface area contributed by atoms with Crippen molar-refractivity contribution in [1.29, 1.82) is 0 Å². The maximum absolute atomic E-state index is 13.6. The topological polar surface area (TPSA) is 83.9 Å². The molecular formula is C13H16FNO5S. The molecule has 0 aliphatic carbocycles. The van der Waals surface area contributed by atoms with Crippen LogP contribution in [0.4, 0.5) is 4.39 Å². The van der Waals surface area contributed by atoms with Gasteiger partial charge in [0, 0.05) is 20.1 Å². The lowest BCUT2D eigenvalue weighted by molar-refractivity contribution is -0.140. The van der Waals surface area contributed by atoms with Gasteiger partial charge in [-0.25, -0.2) is 12.8 Å². The van der Waals surface area contributed by atoms with Crippen molar-refractivity contribution in [1.82, 2.24) is 4.31 Å². The fourth-order valence-corrected chi connectivity index (χ4v) is 3.94. The van der Waals surface area contributed by atoms with Crippen molar-refractivity contribution >= 4 is 16.0 Å². The van der Waals surface area contributed by atoms with Crippen molar-refractivity contribution in [2.45, 2.75) is 30.4 Å². The van der Waals surface area contributed by atoms with Gasteiger partial charge in [-0.2, -0.15) is 4.31 Å². The Morgan fingerprint density at radius 2 is 2.14 bits per heavy atom. The van der Waals surface area contributed by atoms with Crippen LogP contribution >= 0.6 is 0 Å². The lowest BCUT2D eigenvalue weighted by Crippen LogP contribution is -2.40. The van der Waals surface area contributed by atoms with E-state index in [-0.39, 0.29) is 17.9 Å². The second-order valence-electron chi connectivity index (χ2n) is 4.93. The van der Waals surface area contributed by atoms with Crippen LogP contribution in [-0.2, 0) is 19.6 Å². The first-order chi connectivity index (χ1) is 9.77. The first-order valence-corrected chi connectivity index (χ1v) is 7.75. The molecule has 0 radical (unpaired) electrons. The average Bonchev–Trinajstić information content (AvgIpc) is 2.87. The number of carboxylic acids is 1. The van der Waals surface area contributed by atoms with Crippen molar-refractivity contribution in [3.05, 3.63) is 29.6 Å². The Morgan fingerprint density at radius 3 is 2.67 bits per heavy atom. The molecule has 2 atom stereocenters. The normalized spacial score (nSPS) is 23.4. The van der Waals surface area contributed by atoms with Crippen LogP contribution in [0.1, 0.15) is 12.0 Å². The number of hydrogen-bond acceptors (Lipinski definition) is 4. The van der Waals surface area contributed by atoms with E-state index in [1.807, 2.05) is 0 Å². The summed E-state index contributed by atoms with van der Waals surface area (Å²) in [4.78, 5) is 11.0. The summed E-state index contributed by atoms with van der Waals surface area (Å²) in [6, 6.07) is 2.32. The van der Waals surface area contributed by atoms with Crippen LogP contribution in [0, 0.1) is 12.7 Å². The highest BCUT2D eigenvalue weighted by molar-refractivity contribution is 7.89. The molecular weight excluding hydrogens is 301 g/mol. The van der Waals surface area contributed by atoms with E-state index < -0.39 is 34.0 Å². The number of methoxy groups -OCH3 is 1. The zero-order valence-corrected chi connectivity index (χ0v) is 12.4. The van der Waals surface area contributed by atoms with Crippen molar-refractivity contribution in [2.75, 3.05) is 13.7 Å². The molecule has 0 bridgehead atoms. The number of sulfonamides is 1. The van der Waals surface area contributed by atoms with Gasteiger partial charge in [-0.3, -0.25) is 4.79 Å². The van der Waals surface area contributed by atoms with Gasteiger partial charge in [0.1, 0.15) is 11.9 Å². The highest BCUT2D eigenvalue weighted by Crippen LogP contribution is 2.28. The van der Waals surface area contributed by atoms with E-state index in [1.54, 1.807) is 0 Å². The Morgan fingerprint density at radius 1 is 1.48 bits per heavy atom. The largest absolute Gasteiger partial charge is 0.480 e. The SMILES string of the molecule is COC1CC(C(=O)O)N(S(=O)(=O)c2ccc(C)c(F)c2)C1. The highest BCUT2D eigenvalue weighted by Gasteiger charge is 2.44. The Labute approximate surface area is 122 Å². The van der Waals surface area contributed by atoms with E-state index in [2.05, 4.69) is 0 Å². The number of halogens is 1. The van der Waals surface area contributed by atoms with Crippen molar-refractivity contribution in [3.63, 3.8) is 0 Å². The van der Waals surface area contributed by atoms with E-state index in [9.17, 15) is 22.7 Å². The van der Waals surface area contributed by atoms with E-state index in [4.69, 9.17) is 4.74 Å². The fourth-order valence-electron chi connectivity index (χ4n) is 2.30. The van der Waals surface area contributed by atoms with Crippen molar-refractivity contribution < 1.29 is 27.4 Å². The van der Waals surface area contributed by atoms with Gasteiger partial charge in [-0.15, -0.1) is 0 Å². The van der Waals surface area contributed by atoms with Gasteiger partial charge >= 0.3 is 5.97 Å². The zero-order chi connectivity index (χ0) is 15.8. The third-order valence-corrected chi connectivity index (χ3v) is 5.46. The number of rotatable bonds is 4. The quantitative estimate of drug-likeness (QED) is 0.895. The van der Waals surface area contributed by atoms with Crippen molar-refractivity contribution in [2.24, 2.45) is 0 Å². The fraction of sp³-hybridized carbons (Fsp3) is 0.462. The summed E-state index contributed by atoms with van der Waals surface area (Å²) in [7, 11) is -2.69. The van der Waals surface area contributed by atoms with Crippen LogP contribution in [0.25, 0.3) is 0 Å². The number of benzene rings is 1. The molecule has 2 rings (SSSR count). The molecule has 0 saturated carbocycles. The predicted molar refractivity (Wildman–Crippen MR) is 71.9 cm³/mol. The van der Waals surface area contributed by atoms with Gasteiger partial charge in [0.25, 0.3) is 0 Å². The summed E-state index contributed by atoms with van der Waals surface area (Å²) in [6.07, 6.45) is -0.421. The van der Waals surface area contributed by atoms with Gasteiger partial charge in [-0.05, 0) is 24.6 Å². The first kappa shape index (κ1) is 15.9. The minimum atomic E-state index is -4.08. The predicted octanol–water partition coefficient (Wildman–Crippen LogP) is 0.997. The Hall–Kier alpha value is -1.51. The van der Waals surface area contributed by atoms with Gasteiger partial charge in [0.2, 0.25) is 10.0 Å². The summed E-state index contributed by atoms with van der Waals surface area (Å²) in [5, 5.41) is 9.17. The molecule has 1 fully saturated rings. The first-order valence-electron chi connectivity index (χ1n) is 6.31.